The topological polar surface area (TPSA) is 107 Å². The number of aromatic carboxylic acids is 1. The molecule has 0 radical (unpaired) electrons. The van der Waals surface area contributed by atoms with Crippen LogP contribution in [0.3, 0.4) is 0 Å². The van der Waals surface area contributed by atoms with Crippen LogP contribution in [0.1, 0.15) is 26.4 Å². The summed E-state index contributed by atoms with van der Waals surface area (Å²) < 4.78 is 0. The lowest BCUT2D eigenvalue weighted by Gasteiger charge is -2.05. The average Bonchev–Trinajstić information content (AvgIpc) is 2.48. The Kier molecular flexibility index (Phi) is 4.13. The van der Waals surface area contributed by atoms with Crippen LogP contribution in [-0.2, 0) is 0 Å². The Labute approximate surface area is 114 Å². The molecule has 1 N–H and O–H groups in total. The summed E-state index contributed by atoms with van der Waals surface area (Å²) in [7, 11) is 0. The van der Waals surface area contributed by atoms with Crippen molar-refractivity contribution in [3.8, 4) is 0 Å². The number of carbonyl (C=O) groups excluding carboxylic acids is 2. The maximum absolute atomic E-state index is 11.6. The van der Waals surface area contributed by atoms with Crippen molar-refractivity contribution in [3.63, 3.8) is 0 Å². The molecule has 20 heavy (non-hydrogen) atoms. The van der Waals surface area contributed by atoms with E-state index in [9.17, 15) is 14.7 Å². The largest absolute Gasteiger partial charge is 0.545 e. The van der Waals surface area contributed by atoms with Gasteiger partial charge in [0.2, 0.25) is 0 Å². The number of amides is 1. The second kappa shape index (κ2) is 6.19. The van der Waals surface area contributed by atoms with Gasteiger partial charge in [-0.25, -0.2) is 10.4 Å². The molecule has 0 fully saturated rings. The third kappa shape index (κ3) is 3.22. The number of benzene rings is 1. The SMILES string of the molecule is O=C(NN=Cc1ccccc1C(=O)[O-])c1cnccn1. The minimum absolute atomic E-state index is 0.00926. The first-order valence-corrected chi connectivity index (χ1v) is 5.58. The van der Waals surface area contributed by atoms with Gasteiger partial charge in [-0.05, 0) is 0 Å². The number of carbonyl (C=O) groups is 2. The van der Waals surface area contributed by atoms with Gasteiger partial charge in [0.15, 0.2) is 0 Å². The summed E-state index contributed by atoms with van der Waals surface area (Å²) in [5, 5.41) is 14.5. The Morgan fingerprint density at radius 3 is 2.75 bits per heavy atom. The zero-order chi connectivity index (χ0) is 14.4. The Morgan fingerprint density at radius 1 is 1.25 bits per heavy atom. The minimum atomic E-state index is -1.31. The standard InChI is InChI=1S/C13H10N4O3/c18-12(11-8-14-5-6-15-11)17-16-7-9-3-1-2-4-10(9)13(19)20/h1-8H,(H,17,18)(H,19,20)/p-1. The first kappa shape index (κ1) is 13.3. The van der Waals surface area contributed by atoms with Crippen molar-refractivity contribution in [2.45, 2.75) is 0 Å². The van der Waals surface area contributed by atoms with Crippen LogP contribution in [0.5, 0.6) is 0 Å². The molecule has 1 aromatic carbocycles. The van der Waals surface area contributed by atoms with Crippen LogP contribution in [-0.4, -0.2) is 28.1 Å². The van der Waals surface area contributed by atoms with Gasteiger partial charge >= 0.3 is 0 Å². The number of rotatable bonds is 4. The highest BCUT2D eigenvalue weighted by Gasteiger charge is 2.05. The van der Waals surface area contributed by atoms with E-state index in [4.69, 9.17) is 0 Å². The number of nitrogens with one attached hydrogen (secondary N) is 1. The van der Waals surface area contributed by atoms with E-state index in [-0.39, 0.29) is 11.3 Å². The predicted molar refractivity (Wildman–Crippen MR) is 67.9 cm³/mol. The molecule has 0 saturated carbocycles. The Morgan fingerprint density at radius 2 is 2.05 bits per heavy atom. The number of hydrogen-bond donors (Lipinski definition) is 1. The van der Waals surface area contributed by atoms with E-state index in [2.05, 4.69) is 20.5 Å². The van der Waals surface area contributed by atoms with Crippen LogP contribution in [0.25, 0.3) is 0 Å². The summed E-state index contributed by atoms with van der Waals surface area (Å²) in [6, 6.07) is 6.16. The molecule has 2 aromatic rings. The molecule has 7 nitrogen and oxygen atoms in total. The third-order valence-corrected chi connectivity index (χ3v) is 2.35. The van der Waals surface area contributed by atoms with Gasteiger partial charge in [0.1, 0.15) is 5.69 Å². The molecule has 0 aliphatic heterocycles. The summed E-state index contributed by atoms with van der Waals surface area (Å²) in [4.78, 5) is 30.0. The Hall–Kier alpha value is -3.09. The van der Waals surface area contributed by atoms with Gasteiger partial charge in [-0.1, -0.05) is 24.3 Å². The number of nitrogens with zero attached hydrogens (tertiary/aromatic N) is 3. The van der Waals surface area contributed by atoms with Crippen molar-refractivity contribution >= 4 is 18.1 Å². The van der Waals surface area contributed by atoms with E-state index in [1.165, 1.54) is 30.9 Å². The highest BCUT2D eigenvalue weighted by molar-refractivity contribution is 5.98. The van der Waals surface area contributed by atoms with Crippen molar-refractivity contribution in [1.29, 1.82) is 0 Å². The van der Waals surface area contributed by atoms with Crippen LogP contribution >= 0.6 is 0 Å². The second-order valence-electron chi connectivity index (χ2n) is 3.66. The smallest absolute Gasteiger partial charge is 0.291 e. The molecule has 0 unspecified atom stereocenters. The molecule has 0 aliphatic rings. The molecular weight excluding hydrogens is 260 g/mol. The fraction of sp³-hybridized carbons (Fsp3) is 0. The highest BCUT2D eigenvalue weighted by Crippen LogP contribution is 2.04. The van der Waals surface area contributed by atoms with Gasteiger partial charge < -0.3 is 9.90 Å². The molecule has 1 heterocycles. The zero-order valence-corrected chi connectivity index (χ0v) is 10.2. The summed E-state index contributed by atoms with van der Waals surface area (Å²) in [5.41, 5.74) is 2.65. The summed E-state index contributed by atoms with van der Waals surface area (Å²) in [6.45, 7) is 0. The van der Waals surface area contributed by atoms with Crippen LogP contribution in [0, 0.1) is 0 Å². The van der Waals surface area contributed by atoms with Crippen molar-refractivity contribution in [3.05, 3.63) is 59.7 Å². The van der Waals surface area contributed by atoms with Gasteiger partial charge in [0, 0.05) is 23.5 Å². The van der Waals surface area contributed by atoms with Crippen LogP contribution in [0.15, 0.2) is 48.0 Å². The van der Waals surface area contributed by atoms with E-state index in [1.807, 2.05) is 0 Å². The van der Waals surface area contributed by atoms with E-state index in [1.54, 1.807) is 18.2 Å². The Balaban J connectivity index is 2.08. The van der Waals surface area contributed by atoms with E-state index in [0.717, 1.165) is 0 Å². The van der Waals surface area contributed by atoms with E-state index < -0.39 is 11.9 Å². The number of carboxylic acids is 1. The van der Waals surface area contributed by atoms with Crippen LogP contribution in [0.4, 0.5) is 0 Å². The quantitative estimate of drug-likeness (QED) is 0.600. The minimum Gasteiger partial charge on any atom is -0.545 e. The van der Waals surface area contributed by atoms with Gasteiger partial charge in [0.25, 0.3) is 5.91 Å². The number of hydrazone groups is 1. The second-order valence-corrected chi connectivity index (χ2v) is 3.66. The molecule has 0 atom stereocenters. The van der Waals surface area contributed by atoms with Crippen molar-refractivity contribution in [2.24, 2.45) is 5.10 Å². The predicted octanol–water partition coefficient (Wildman–Crippen LogP) is -0.396. The fourth-order valence-electron chi connectivity index (χ4n) is 1.43. The lowest BCUT2D eigenvalue weighted by Crippen LogP contribution is -2.24. The van der Waals surface area contributed by atoms with Crippen LogP contribution in [0.2, 0.25) is 0 Å². The first-order chi connectivity index (χ1) is 9.68. The van der Waals surface area contributed by atoms with Crippen molar-refractivity contribution < 1.29 is 14.7 Å². The maximum atomic E-state index is 11.6. The highest BCUT2D eigenvalue weighted by atomic mass is 16.4. The van der Waals surface area contributed by atoms with E-state index >= 15 is 0 Å². The molecule has 1 aromatic heterocycles. The first-order valence-electron chi connectivity index (χ1n) is 5.58. The van der Waals surface area contributed by atoms with Gasteiger partial charge in [-0.3, -0.25) is 9.78 Å². The van der Waals surface area contributed by atoms with Gasteiger partial charge in [0.05, 0.1) is 18.4 Å². The Bertz CT molecular complexity index is 656. The lowest BCUT2D eigenvalue weighted by atomic mass is 10.1. The summed E-state index contributed by atoms with van der Waals surface area (Å²) in [5.74, 6) is -1.85. The summed E-state index contributed by atoms with van der Waals surface area (Å²) >= 11 is 0. The zero-order valence-electron chi connectivity index (χ0n) is 10.2. The molecular formula is C13H9N4O3-. The maximum Gasteiger partial charge on any atom is 0.291 e. The third-order valence-electron chi connectivity index (χ3n) is 2.35. The molecule has 0 saturated heterocycles. The fourth-order valence-corrected chi connectivity index (χ4v) is 1.43. The number of carboxylic acid groups (broad SMARTS) is 1. The molecule has 0 bridgehead atoms. The average molecular weight is 269 g/mol. The number of hydrogen-bond acceptors (Lipinski definition) is 6. The monoisotopic (exact) mass is 269 g/mol. The molecule has 100 valence electrons. The van der Waals surface area contributed by atoms with Crippen molar-refractivity contribution in [1.82, 2.24) is 15.4 Å². The molecule has 7 heteroatoms. The molecule has 0 aliphatic carbocycles. The van der Waals surface area contributed by atoms with Gasteiger partial charge in [-0.2, -0.15) is 5.10 Å². The van der Waals surface area contributed by atoms with Crippen LogP contribution < -0.4 is 10.5 Å². The van der Waals surface area contributed by atoms with Crippen molar-refractivity contribution in [2.75, 3.05) is 0 Å². The normalized spacial score (nSPS) is 10.4. The number of aromatic nitrogens is 2. The molecule has 2 rings (SSSR count). The lowest BCUT2D eigenvalue weighted by molar-refractivity contribution is -0.255. The van der Waals surface area contributed by atoms with E-state index in [0.29, 0.717) is 5.56 Å². The van der Waals surface area contributed by atoms with Gasteiger partial charge in [-0.15, -0.1) is 0 Å². The summed E-state index contributed by atoms with van der Waals surface area (Å²) in [6.07, 6.45) is 5.33. The molecule has 1 amide bonds. The molecule has 0 spiro atoms.